The van der Waals surface area contributed by atoms with E-state index in [4.69, 9.17) is 18.9 Å². The number of rotatable bonds is 8. The molecule has 0 saturated heterocycles. The summed E-state index contributed by atoms with van der Waals surface area (Å²) in [7, 11) is 2.95. The second-order valence-corrected chi connectivity index (χ2v) is 5.34. The quantitative estimate of drug-likeness (QED) is 0.670. The zero-order chi connectivity index (χ0) is 17.4. The Morgan fingerprint density at radius 3 is 2.36 bits per heavy atom. The van der Waals surface area contributed by atoms with Gasteiger partial charge in [0.1, 0.15) is 24.2 Å². The van der Waals surface area contributed by atoms with Crippen molar-refractivity contribution in [3.8, 4) is 11.5 Å². The van der Waals surface area contributed by atoms with Gasteiger partial charge >= 0.3 is 5.97 Å². The highest BCUT2D eigenvalue weighted by Gasteiger charge is 2.12. The molecule has 0 fully saturated rings. The van der Waals surface area contributed by atoms with Crippen molar-refractivity contribution < 1.29 is 23.7 Å². The summed E-state index contributed by atoms with van der Waals surface area (Å²) in [5.74, 6) is 0.635. The average Bonchev–Trinajstić information content (AvgIpc) is 2.60. The van der Waals surface area contributed by atoms with Gasteiger partial charge in [-0.15, -0.1) is 0 Å². The lowest BCUT2D eigenvalue weighted by Crippen LogP contribution is -2.18. The van der Waals surface area contributed by atoms with E-state index in [1.807, 2.05) is 37.3 Å². The smallest absolute Gasteiger partial charge is 0.338 e. The third-order valence-electron chi connectivity index (χ3n) is 3.29. The summed E-state index contributed by atoms with van der Waals surface area (Å²) < 4.78 is 21.4. The Morgan fingerprint density at radius 2 is 1.72 bits per heavy atom. The molecule has 0 aliphatic heterocycles. The van der Waals surface area contributed by atoms with Crippen LogP contribution in [0.3, 0.4) is 0 Å². The Hall–Kier alpha value is -2.18. The number of methoxy groups -OCH3 is 2. The normalized spacial score (nSPS) is 11.2. The van der Waals surface area contributed by atoms with E-state index in [-0.39, 0.29) is 19.6 Å². The predicted octanol–water partition coefficient (Wildman–Crippen LogP) is 3.58. The summed E-state index contributed by atoms with van der Waals surface area (Å²) in [6, 6.07) is 14.8. The van der Waals surface area contributed by atoms with Crippen LogP contribution in [0.25, 0.3) is 0 Å². The monoisotopic (exact) mass is 364 g/mol. The fourth-order valence-corrected chi connectivity index (χ4v) is 2.20. The standard InChI is InChI=1S/C19H22O5.H2S/c1-14(12-21-2)24-18-10-16(19(20)22-3)9-17(11-18)23-13-15-7-5-4-6-8-15;/h4-11,14H,12-13H2,1-3H3;1H2/t14-;/m0./s1. The maximum atomic E-state index is 11.8. The molecule has 2 rings (SSSR count). The number of hydrogen-bond acceptors (Lipinski definition) is 5. The van der Waals surface area contributed by atoms with Crippen LogP contribution in [0.15, 0.2) is 48.5 Å². The van der Waals surface area contributed by atoms with Gasteiger partial charge in [-0.1, -0.05) is 30.3 Å². The number of benzene rings is 2. The highest BCUT2D eigenvalue weighted by atomic mass is 32.1. The van der Waals surface area contributed by atoms with Crippen LogP contribution < -0.4 is 9.47 Å². The first kappa shape index (κ1) is 20.9. The van der Waals surface area contributed by atoms with Gasteiger partial charge in [-0.05, 0) is 24.6 Å². The zero-order valence-corrected chi connectivity index (χ0v) is 15.7. The molecule has 136 valence electrons. The van der Waals surface area contributed by atoms with Crippen molar-refractivity contribution in [1.29, 1.82) is 0 Å². The molecular formula is C19H24O5S. The molecule has 0 heterocycles. The lowest BCUT2D eigenvalue weighted by molar-refractivity contribution is 0.0598. The average molecular weight is 364 g/mol. The first-order valence-electron chi connectivity index (χ1n) is 7.68. The van der Waals surface area contributed by atoms with Crippen LogP contribution in [0.2, 0.25) is 0 Å². The van der Waals surface area contributed by atoms with E-state index in [1.165, 1.54) is 7.11 Å². The number of ether oxygens (including phenoxy) is 4. The molecule has 2 aromatic carbocycles. The molecule has 0 aromatic heterocycles. The Kier molecular flexibility index (Phi) is 8.88. The van der Waals surface area contributed by atoms with Crippen LogP contribution in [0.4, 0.5) is 0 Å². The molecule has 0 aliphatic rings. The van der Waals surface area contributed by atoms with Crippen molar-refractivity contribution in [2.24, 2.45) is 0 Å². The Morgan fingerprint density at radius 1 is 1.04 bits per heavy atom. The van der Waals surface area contributed by atoms with Gasteiger partial charge in [0.15, 0.2) is 0 Å². The molecule has 0 saturated carbocycles. The molecule has 0 unspecified atom stereocenters. The molecule has 25 heavy (non-hydrogen) atoms. The van der Waals surface area contributed by atoms with Crippen molar-refractivity contribution in [2.75, 3.05) is 20.8 Å². The Balaban J connectivity index is 0.00000312. The lowest BCUT2D eigenvalue weighted by Gasteiger charge is -2.16. The second kappa shape index (κ2) is 10.6. The highest BCUT2D eigenvalue weighted by Crippen LogP contribution is 2.25. The van der Waals surface area contributed by atoms with Gasteiger partial charge in [0.05, 0.1) is 19.3 Å². The summed E-state index contributed by atoms with van der Waals surface area (Å²) in [4.78, 5) is 11.8. The maximum Gasteiger partial charge on any atom is 0.338 e. The number of hydrogen-bond donors (Lipinski definition) is 0. The minimum atomic E-state index is -0.440. The van der Waals surface area contributed by atoms with Gasteiger partial charge in [0.2, 0.25) is 0 Å². The van der Waals surface area contributed by atoms with Crippen LogP contribution >= 0.6 is 13.5 Å². The van der Waals surface area contributed by atoms with E-state index in [0.717, 1.165) is 5.56 Å². The van der Waals surface area contributed by atoms with E-state index >= 15 is 0 Å². The van der Waals surface area contributed by atoms with Gasteiger partial charge in [0, 0.05) is 13.2 Å². The van der Waals surface area contributed by atoms with Crippen molar-refractivity contribution in [2.45, 2.75) is 19.6 Å². The molecular weight excluding hydrogens is 340 g/mol. The van der Waals surface area contributed by atoms with Crippen LogP contribution in [-0.2, 0) is 16.1 Å². The minimum Gasteiger partial charge on any atom is -0.489 e. The van der Waals surface area contributed by atoms with Crippen molar-refractivity contribution >= 4 is 19.5 Å². The van der Waals surface area contributed by atoms with Crippen molar-refractivity contribution in [3.05, 3.63) is 59.7 Å². The van der Waals surface area contributed by atoms with Crippen molar-refractivity contribution in [1.82, 2.24) is 0 Å². The van der Waals surface area contributed by atoms with Gasteiger partial charge < -0.3 is 18.9 Å². The van der Waals surface area contributed by atoms with Gasteiger partial charge in [-0.25, -0.2) is 4.79 Å². The summed E-state index contributed by atoms with van der Waals surface area (Å²) in [6.07, 6.45) is -0.148. The van der Waals surface area contributed by atoms with Crippen LogP contribution in [0, 0.1) is 0 Å². The maximum absolute atomic E-state index is 11.8. The zero-order valence-electron chi connectivity index (χ0n) is 14.7. The third kappa shape index (κ3) is 6.68. The van der Waals surface area contributed by atoms with Crippen molar-refractivity contribution in [3.63, 3.8) is 0 Å². The van der Waals surface area contributed by atoms with E-state index in [2.05, 4.69) is 0 Å². The van der Waals surface area contributed by atoms with E-state index in [1.54, 1.807) is 25.3 Å². The summed E-state index contributed by atoms with van der Waals surface area (Å²) >= 11 is 0. The minimum absolute atomic E-state index is 0. The molecule has 0 radical (unpaired) electrons. The summed E-state index contributed by atoms with van der Waals surface area (Å²) in [5, 5.41) is 0. The molecule has 0 N–H and O–H groups in total. The molecule has 0 aliphatic carbocycles. The fourth-order valence-electron chi connectivity index (χ4n) is 2.20. The second-order valence-electron chi connectivity index (χ2n) is 5.34. The van der Waals surface area contributed by atoms with E-state index < -0.39 is 5.97 Å². The van der Waals surface area contributed by atoms with Gasteiger partial charge in [-0.2, -0.15) is 13.5 Å². The summed E-state index contributed by atoms with van der Waals surface area (Å²) in [6.45, 7) is 2.74. The van der Waals surface area contributed by atoms with Crippen LogP contribution in [-0.4, -0.2) is 32.9 Å². The van der Waals surface area contributed by atoms with Gasteiger partial charge in [0.25, 0.3) is 0 Å². The van der Waals surface area contributed by atoms with E-state index in [9.17, 15) is 4.79 Å². The Bertz CT molecular complexity index is 660. The SMILES string of the molecule is COC[C@H](C)Oc1cc(OCc2ccccc2)cc(C(=O)OC)c1.S. The summed E-state index contributed by atoms with van der Waals surface area (Å²) in [5.41, 5.74) is 1.42. The number of carbonyl (C=O) groups is 1. The molecule has 2 aromatic rings. The number of carbonyl (C=O) groups excluding carboxylic acids is 1. The predicted molar refractivity (Wildman–Crippen MR) is 101 cm³/mol. The lowest BCUT2D eigenvalue weighted by atomic mass is 10.2. The molecule has 0 spiro atoms. The topological polar surface area (TPSA) is 54.0 Å². The number of esters is 1. The third-order valence-corrected chi connectivity index (χ3v) is 3.29. The van der Waals surface area contributed by atoms with E-state index in [0.29, 0.717) is 30.3 Å². The first-order chi connectivity index (χ1) is 11.6. The molecule has 0 amide bonds. The largest absolute Gasteiger partial charge is 0.489 e. The molecule has 5 nitrogen and oxygen atoms in total. The van der Waals surface area contributed by atoms with Crippen LogP contribution in [0.1, 0.15) is 22.8 Å². The molecule has 1 atom stereocenters. The molecule has 0 bridgehead atoms. The first-order valence-corrected chi connectivity index (χ1v) is 7.68. The fraction of sp³-hybridized carbons (Fsp3) is 0.316. The Labute approximate surface area is 155 Å². The molecule has 6 heteroatoms. The van der Waals surface area contributed by atoms with Gasteiger partial charge in [-0.3, -0.25) is 0 Å². The highest BCUT2D eigenvalue weighted by molar-refractivity contribution is 7.59. The van der Waals surface area contributed by atoms with Crippen LogP contribution in [0.5, 0.6) is 11.5 Å².